The van der Waals surface area contributed by atoms with E-state index in [4.69, 9.17) is 14.2 Å². The van der Waals surface area contributed by atoms with E-state index in [0.717, 1.165) is 30.3 Å². The molecule has 1 atom stereocenters. The molecular formula is C24H34IN3O3. The Balaban J connectivity index is 0.00000341. The lowest BCUT2D eigenvalue weighted by atomic mass is 10.1. The van der Waals surface area contributed by atoms with Crippen LogP contribution in [0.4, 0.5) is 0 Å². The third-order valence-corrected chi connectivity index (χ3v) is 5.10. The summed E-state index contributed by atoms with van der Waals surface area (Å²) < 4.78 is 17.2. The van der Waals surface area contributed by atoms with Crippen molar-refractivity contribution >= 4 is 29.9 Å². The summed E-state index contributed by atoms with van der Waals surface area (Å²) in [6, 6.07) is 14.6. The van der Waals surface area contributed by atoms with Crippen molar-refractivity contribution in [3.05, 3.63) is 64.7 Å². The van der Waals surface area contributed by atoms with Gasteiger partial charge in [-0.05, 0) is 36.6 Å². The molecule has 170 valence electrons. The molecule has 7 heteroatoms. The number of nitrogens with zero attached hydrogens (tertiary/aromatic N) is 1. The smallest absolute Gasteiger partial charge is 0.191 e. The third-order valence-electron chi connectivity index (χ3n) is 5.10. The summed E-state index contributed by atoms with van der Waals surface area (Å²) in [5, 5.41) is 6.80. The number of hydrogen-bond acceptors (Lipinski definition) is 4. The summed E-state index contributed by atoms with van der Waals surface area (Å²) in [6.07, 6.45) is 1.07. The average molecular weight is 539 g/mol. The van der Waals surface area contributed by atoms with Crippen LogP contribution in [0.1, 0.15) is 35.6 Å². The molecule has 0 amide bonds. The van der Waals surface area contributed by atoms with E-state index in [1.807, 2.05) is 19.1 Å². The first-order valence-electron chi connectivity index (χ1n) is 10.6. The summed E-state index contributed by atoms with van der Waals surface area (Å²) >= 11 is 0. The van der Waals surface area contributed by atoms with Crippen LogP contribution >= 0.6 is 24.0 Å². The first kappa shape index (κ1) is 25.4. The second kappa shape index (κ2) is 13.5. The van der Waals surface area contributed by atoms with Gasteiger partial charge in [0.25, 0.3) is 0 Å². The average Bonchev–Trinajstić information content (AvgIpc) is 3.27. The van der Waals surface area contributed by atoms with Crippen LogP contribution in [0, 0.1) is 6.92 Å². The first-order chi connectivity index (χ1) is 14.7. The Hall–Kier alpha value is -1.84. The molecule has 0 aromatic heterocycles. The number of hydrogen-bond donors (Lipinski definition) is 2. The lowest BCUT2D eigenvalue weighted by Crippen LogP contribution is -2.36. The minimum absolute atomic E-state index is 0. The molecular weight excluding hydrogens is 505 g/mol. The van der Waals surface area contributed by atoms with Crippen LogP contribution < -0.4 is 15.4 Å². The van der Waals surface area contributed by atoms with Gasteiger partial charge in [-0.2, -0.15) is 0 Å². The second-order valence-corrected chi connectivity index (χ2v) is 7.40. The van der Waals surface area contributed by atoms with Crippen molar-refractivity contribution in [2.24, 2.45) is 4.99 Å². The largest absolute Gasteiger partial charge is 0.488 e. The molecule has 31 heavy (non-hydrogen) atoms. The van der Waals surface area contributed by atoms with Crippen molar-refractivity contribution in [2.45, 2.75) is 46.1 Å². The molecule has 1 heterocycles. The fraction of sp³-hybridized carbons (Fsp3) is 0.458. The van der Waals surface area contributed by atoms with Crippen LogP contribution in [0.15, 0.2) is 47.5 Å². The van der Waals surface area contributed by atoms with Crippen LogP contribution in [-0.2, 0) is 29.2 Å². The van der Waals surface area contributed by atoms with Gasteiger partial charge in [-0.3, -0.25) is 4.99 Å². The predicted octanol–water partition coefficient (Wildman–Crippen LogP) is 4.18. The molecule has 0 spiro atoms. The maximum Gasteiger partial charge on any atom is 0.191 e. The van der Waals surface area contributed by atoms with Crippen molar-refractivity contribution < 1.29 is 14.2 Å². The maximum atomic E-state index is 6.20. The normalized spacial score (nSPS) is 16.0. The van der Waals surface area contributed by atoms with Gasteiger partial charge >= 0.3 is 0 Å². The molecule has 1 aliphatic heterocycles. The summed E-state index contributed by atoms with van der Waals surface area (Å²) in [5.74, 6) is 1.66. The molecule has 1 fully saturated rings. The number of rotatable bonds is 9. The lowest BCUT2D eigenvalue weighted by Gasteiger charge is -2.18. The fourth-order valence-corrected chi connectivity index (χ4v) is 3.36. The van der Waals surface area contributed by atoms with Crippen LogP contribution in [0.5, 0.6) is 5.75 Å². The molecule has 6 nitrogen and oxygen atoms in total. The Bertz CT molecular complexity index is 839. The summed E-state index contributed by atoms with van der Waals surface area (Å²) in [6.45, 7) is 8.15. The zero-order valence-electron chi connectivity index (χ0n) is 18.6. The number of aryl methyl sites for hydroxylation is 1. The van der Waals surface area contributed by atoms with Gasteiger partial charge in [0, 0.05) is 38.7 Å². The van der Waals surface area contributed by atoms with Crippen molar-refractivity contribution in [1.82, 2.24) is 10.6 Å². The van der Waals surface area contributed by atoms with E-state index in [2.05, 4.69) is 52.9 Å². The van der Waals surface area contributed by atoms with Crippen molar-refractivity contribution in [1.29, 1.82) is 0 Å². The summed E-state index contributed by atoms with van der Waals surface area (Å²) in [7, 11) is 1.78. The Morgan fingerprint density at radius 1 is 1.10 bits per heavy atom. The predicted molar refractivity (Wildman–Crippen MR) is 135 cm³/mol. The molecule has 1 unspecified atom stereocenters. The van der Waals surface area contributed by atoms with Gasteiger partial charge in [-0.1, -0.05) is 36.4 Å². The quantitative estimate of drug-likeness (QED) is 0.285. The number of halogens is 1. The van der Waals surface area contributed by atoms with Gasteiger partial charge in [0.1, 0.15) is 11.9 Å². The molecule has 1 saturated heterocycles. The van der Waals surface area contributed by atoms with E-state index in [1.54, 1.807) is 7.05 Å². The third kappa shape index (κ3) is 7.97. The Labute approximate surface area is 202 Å². The molecule has 0 saturated carbocycles. The zero-order valence-corrected chi connectivity index (χ0v) is 21.0. The van der Waals surface area contributed by atoms with Crippen LogP contribution in [0.25, 0.3) is 0 Å². The fourth-order valence-electron chi connectivity index (χ4n) is 3.36. The molecule has 2 aromatic carbocycles. The number of nitrogens with one attached hydrogen (secondary N) is 2. The summed E-state index contributed by atoms with van der Waals surface area (Å²) in [4.78, 5) is 4.36. The van der Waals surface area contributed by atoms with E-state index in [9.17, 15) is 0 Å². The molecule has 1 aliphatic rings. The van der Waals surface area contributed by atoms with E-state index >= 15 is 0 Å². The van der Waals surface area contributed by atoms with Crippen molar-refractivity contribution in [2.75, 3.05) is 26.9 Å². The highest BCUT2D eigenvalue weighted by Gasteiger charge is 2.18. The minimum atomic E-state index is 0. The lowest BCUT2D eigenvalue weighted by molar-refractivity contribution is 0.133. The Kier molecular flexibility index (Phi) is 11.1. The van der Waals surface area contributed by atoms with E-state index in [-0.39, 0.29) is 30.1 Å². The topological polar surface area (TPSA) is 64.1 Å². The van der Waals surface area contributed by atoms with Gasteiger partial charge < -0.3 is 24.8 Å². The highest BCUT2D eigenvalue weighted by molar-refractivity contribution is 14.0. The number of benzene rings is 2. The minimum Gasteiger partial charge on any atom is -0.488 e. The SMILES string of the molecule is CCOCc1ccccc1CNC(=NC)NCc1ccc(C)cc1OC1CCOC1.I. The number of aliphatic imine (C=N–C) groups is 1. The van der Waals surface area contributed by atoms with Gasteiger partial charge in [0.15, 0.2) is 5.96 Å². The summed E-state index contributed by atoms with van der Waals surface area (Å²) in [5.41, 5.74) is 4.68. The maximum absolute atomic E-state index is 6.20. The molecule has 0 aliphatic carbocycles. The second-order valence-electron chi connectivity index (χ2n) is 7.40. The Morgan fingerprint density at radius 2 is 1.84 bits per heavy atom. The highest BCUT2D eigenvalue weighted by atomic mass is 127. The highest BCUT2D eigenvalue weighted by Crippen LogP contribution is 2.23. The standard InChI is InChI=1S/C24H33N3O3.HI/c1-4-28-16-21-8-6-5-7-19(21)14-26-24(25-3)27-15-20-10-9-18(2)13-23(20)30-22-11-12-29-17-22;/h5-10,13,22H,4,11-12,14-17H2,1-3H3,(H2,25,26,27);1H. The van der Waals surface area contributed by atoms with Crippen molar-refractivity contribution in [3.63, 3.8) is 0 Å². The van der Waals surface area contributed by atoms with Crippen molar-refractivity contribution in [3.8, 4) is 5.75 Å². The molecule has 3 rings (SSSR count). The van der Waals surface area contributed by atoms with Gasteiger partial charge in [-0.25, -0.2) is 0 Å². The molecule has 2 N–H and O–H groups in total. The number of guanidine groups is 1. The van der Waals surface area contributed by atoms with Gasteiger partial charge in [0.05, 0.1) is 19.8 Å². The van der Waals surface area contributed by atoms with E-state index in [1.165, 1.54) is 16.7 Å². The van der Waals surface area contributed by atoms with E-state index in [0.29, 0.717) is 32.9 Å². The van der Waals surface area contributed by atoms with Crippen LogP contribution in [-0.4, -0.2) is 38.9 Å². The monoisotopic (exact) mass is 539 g/mol. The van der Waals surface area contributed by atoms with Crippen LogP contribution in [0.2, 0.25) is 0 Å². The first-order valence-corrected chi connectivity index (χ1v) is 10.6. The van der Waals surface area contributed by atoms with Gasteiger partial charge in [-0.15, -0.1) is 24.0 Å². The molecule has 0 radical (unpaired) electrons. The zero-order chi connectivity index (χ0) is 21.2. The van der Waals surface area contributed by atoms with Gasteiger partial charge in [0.2, 0.25) is 0 Å². The molecule has 2 aromatic rings. The Morgan fingerprint density at radius 3 is 2.52 bits per heavy atom. The number of ether oxygens (including phenoxy) is 3. The molecule has 0 bridgehead atoms. The van der Waals surface area contributed by atoms with Crippen LogP contribution in [0.3, 0.4) is 0 Å². The van der Waals surface area contributed by atoms with E-state index < -0.39 is 0 Å².